The van der Waals surface area contributed by atoms with E-state index in [9.17, 15) is 4.79 Å². The molecule has 7 nitrogen and oxygen atoms in total. The topological polar surface area (TPSA) is 91.9 Å². The lowest BCUT2D eigenvalue weighted by Gasteiger charge is -2.19. The predicted octanol–water partition coefficient (Wildman–Crippen LogP) is 5.58. The Balaban J connectivity index is 1.54. The summed E-state index contributed by atoms with van der Waals surface area (Å²) in [6.07, 6.45) is 1.79. The number of benzene rings is 2. The number of amides is 2. The SMILES string of the molecule is COc1cccc(NC(=O)Nc2ccc(-c3cc(C(C)(C)C)nc4[nH]ncc34)cc2)c1. The van der Waals surface area contributed by atoms with Crippen LogP contribution in [0.5, 0.6) is 5.75 Å². The molecule has 0 saturated heterocycles. The average Bonchev–Trinajstić information content (AvgIpc) is 3.22. The second-order valence-corrected chi connectivity index (χ2v) is 8.33. The van der Waals surface area contributed by atoms with Gasteiger partial charge in [0.05, 0.1) is 13.3 Å². The molecule has 0 fully saturated rings. The van der Waals surface area contributed by atoms with Crippen molar-refractivity contribution >= 4 is 28.4 Å². The van der Waals surface area contributed by atoms with Crippen molar-refractivity contribution in [2.24, 2.45) is 0 Å². The van der Waals surface area contributed by atoms with Crippen LogP contribution in [0.25, 0.3) is 22.2 Å². The standard InChI is InChI=1S/C24H25N5O2/c1-24(2,3)21-13-19(20-14-25-29-22(20)28-21)15-8-10-16(11-9-15)26-23(30)27-17-6-5-7-18(12-17)31-4/h5-14H,1-4H3,(H,25,28,29)(H2,26,27,30). The normalized spacial score (nSPS) is 11.4. The molecule has 31 heavy (non-hydrogen) atoms. The number of aromatic nitrogens is 3. The Morgan fingerprint density at radius 2 is 1.74 bits per heavy atom. The van der Waals surface area contributed by atoms with E-state index in [0.29, 0.717) is 17.1 Å². The van der Waals surface area contributed by atoms with Gasteiger partial charge in [0.1, 0.15) is 5.75 Å². The number of rotatable bonds is 4. The smallest absolute Gasteiger partial charge is 0.323 e. The second-order valence-electron chi connectivity index (χ2n) is 8.33. The largest absolute Gasteiger partial charge is 0.497 e. The Kier molecular flexibility index (Phi) is 5.33. The van der Waals surface area contributed by atoms with Gasteiger partial charge in [0.15, 0.2) is 5.65 Å². The molecule has 3 N–H and O–H groups in total. The summed E-state index contributed by atoms with van der Waals surface area (Å²) in [5.74, 6) is 0.680. The Morgan fingerprint density at radius 3 is 2.45 bits per heavy atom. The van der Waals surface area contributed by atoms with Crippen LogP contribution in [0, 0.1) is 0 Å². The van der Waals surface area contributed by atoms with Crippen molar-refractivity contribution in [1.82, 2.24) is 15.2 Å². The van der Waals surface area contributed by atoms with E-state index in [2.05, 4.69) is 47.7 Å². The minimum Gasteiger partial charge on any atom is -0.497 e. The Morgan fingerprint density at radius 1 is 1.00 bits per heavy atom. The van der Waals surface area contributed by atoms with Crippen LogP contribution in [0.4, 0.5) is 16.2 Å². The van der Waals surface area contributed by atoms with E-state index >= 15 is 0 Å². The van der Waals surface area contributed by atoms with Gasteiger partial charge >= 0.3 is 6.03 Å². The van der Waals surface area contributed by atoms with Gasteiger partial charge in [-0.15, -0.1) is 0 Å². The summed E-state index contributed by atoms with van der Waals surface area (Å²) in [5.41, 5.74) is 5.09. The molecule has 0 atom stereocenters. The lowest BCUT2D eigenvalue weighted by Crippen LogP contribution is -2.19. The maximum absolute atomic E-state index is 12.3. The van der Waals surface area contributed by atoms with Crippen LogP contribution in [-0.2, 0) is 5.41 Å². The van der Waals surface area contributed by atoms with Gasteiger partial charge in [0, 0.05) is 33.9 Å². The van der Waals surface area contributed by atoms with E-state index in [-0.39, 0.29) is 11.4 Å². The van der Waals surface area contributed by atoms with Crippen LogP contribution >= 0.6 is 0 Å². The van der Waals surface area contributed by atoms with E-state index in [1.165, 1.54) is 0 Å². The number of aromatic amines is 1. The highest BCUT2D eigenvalue weighted by molar-refractivity contribution is 6.00. The zero-order chi connectivity index (χ0) is 22.0. The van der Waals surface area contributed by atoms with Crippen LogP contribution in [0.3, 0.4) is 0 Å². The number of fused-ring (bicyclic) bond motifs is 1. The van der Waals surface area contributed by atoms with Gasteiger partial charge < -0.3 is 15.4 Å². The molecule has 0 spiro atoms. The quantitative estimate of drug-likeness (QED) is 0.406. The fraction of sp³-hybridized carbons (Fsp3) is 0.208. The molecule has 0 unspecified atom stereocenters. The summed E-state index contributed by atoms with van der Waals surface area (Å²) in [4.78, 5) is 17.1. The molecule has 2 aromatic carbocycles. The Hall–Kier alpha value is -3.87. The summed E-state index contributed by atoms with van der Waals surface area (Å²) < 4.78 is 5.18. The number of hydrogen-bond donors (Lipinski definition) is 3. The van der Waals surface area contributed by atoms with Crippen LogP contribution in [0.1, 0.15) is 26.5 Å². The molecule has 0 bridgehead atoms. The third kappa shape index (κ3) is 4.50. The number of carbonyl (C=O) groups excluding carboxylic acids is 1. The zero-order valence-corrected chi connectivity index (χ0v) is 18.0. The number of anilines is 2. The third-order valence-corrected chi connectivity index (χ3v) is 4.97. The van der Waals surface area contributed by atoms with Crippen molar-refractivity contribution < 1.29 is 9.53 Å². The molecule has 0 aliphatic heterocycles. The van der Waals surface area contributed by atoms with E-state index < -0.39 is 0 Å². The first-order valence-corrected chi connectivity index (χ1v) is 10.0. The molecule has 4 rings (SSSR count). The number of urea groups is 1. The number of pyridine rings is 1. The van der Waals surface area contributed by atoms with Crippen molar-refractivity contribution in [2.45, 2.75) is 26.2 Å². The summed E-state index contributed by atoms with van der Waals surface area (Å²) in [6.45, 7) is 6.40. The second kappa shape index (κ2) is 8.10. The number of nitrogens with zero attached hydrogens (tertiary/aromatic N) is 2. The lowest BCUT2D eigenvalue weighted by molar-refractivity contribution is 0.262. The van der Waals surface area contributed by atoms with Crippen LogP contribution < -0.4 is 15.4 Å². The zero-order valence-electron chi connectivity index (χ0n) is 18.0. The molecule has 0 aliphatic rings. The molecular weight excluding hydrogens is 390 g/mol. The number of carbonyl (C=O) groups is 1. The average molecular weight is 415 g/mol. The van der Waals surface area contributed by atoms with Crippen molar-refractivity contribution in [3.8, 4) is 16.9 Å². The molecule has 2 aromatic heterocycles. The van der Waals surface area contributed by atoms with E-state index in [0.717, 1.165) is 27.9 Å². The number of hydrogen-bond acceptors (Lipinski definition) is 4. The van der Waals surface area contributed by atoms with Gasteiger partial charge in [0.25, 0.3) is 0 Å². The van der Waals surface area contributed by atoms with Crippen molar-refractivity contribution in [3.05, 3.63) is 66.5 Å². The first-order chi connectivity index (χ1) is 14.8. The maximum atomic E-state index is 12.3. The molecule has 4 aromatic rings. The highest BCUT2D eigenvalue weighted by Gasteiger charge is 2.19. The molecule has 7 heteroatoms. The molecule has 158 valence electrons. The van der Waals surface area contributed by atoms with E-state index in [1.54, 1.807) is 25.4 Å². The number of nitrogens with one attached hydrogen (secondary N) is 3. The minimum absolute atomic E-state index is 0.0895. The van der Waals surface area contributed by atoms with E-state index in [4.69, 9.17) is 9.72 Å². The highest BCUT2D eigenvalue weighted by Crippen LogP contribution is 2.32. The van der Waals surface area contributed by atoms with Gasteiger partial charge in [-0.2, -0.15) is 5.10 Å². The summed E-state index contributed by atoms with van der Waals surface area (Å²) in [7, 11) is 1.59. The summed E-state index contributed by atoms with van der Waals surface area (Å²) >= 11 is 0. The van der Waals surface area contributed by atoms with Gasteiger partial charge in [-0.1, -0.05) is 39.0 Å². The maximum Gasteiger partial charge on any atom is 0.323 e. The van der Waals surface area contributed by atoms with Crippen LogP contribution in [0.15, 0.2) is 60.8 Å². The summed E-state index contributed by atoms with van der Waals surface area (Å²) in [6, 6.07) is 16.7. The van der Waals surface area contributed by atoms with Crippen molar-refractivity contribution in [3.63, 3.8) is 0 Å². The van der Waals surface area contributed by atoms with Crippen LogP contribution in [-0.4, -0.2) is 28.3 Å². The fourth-order valence-electron chi connectivity index (χ4n) is 3.28. The molecule has 0 radical (unpaired) electrons. The van der Waals surface area contributed by atoms with Gasteiger partial charge in [-0.3, -0.25) is 5.10 Å². The lowest BCUT2D eigenvalue weighted by atomic mass is 9.89. The fourth-order valence-corrected chi connectivity index (χ4v) is 3.28. The Bertz CT molecular complexity index is 1220. The summed E-state index contributed by atoms with van der Waals surface area (Å²) in [5, 5.41) is 13.8. The Labute approximate surface area is 180 Å². The van der Waals surface area contributed by atoms with Crippen molar-refractivity contribution in [1.29, 1.82) is 0 Å². The monoisotopic (exact) mass is 415 g/mol. The van der Waals surface area contributed by atoms with Gasteiger partial charge in [-0.05, 0) is 41.5 Å². The molecule has 0 aliphatic carbocycles. The highest BCUT2D eigenvalue weighted by atomic mass is 16.5. The molecule has 2 heterocycles. The molecule has 0 saturated carbocycles. The van der Waals surface area contributed by atoms with Crippen LogP contribution in [0.2, 0.25) is 0 Å². The molecule has 2 amide bonds. The van der Waals surface area contributed by atoms with E-state index in [1.807, 2.05) is 36.4 Å². The minimum atomic E-state index is -0.322. The van der Waals surface area contributed by atoms with Gasteiger partial charge in [-0.25, -0.2) is 9.78 Å². The van der Waals surface area contributed by atoms with Crippen molar-refractivity contribution in [2.75, 3.05) is 17.7 Å². The number of ether oxygens (including phenoxy) is 1. The predicted molar refractivity (Wildman–Crippen MR) is 124 cm³/mol. The first kappa shape index (κ1) is 20.4. The number of H-pyrrole nitrogens is 1. The third-order valence-electron chi connectivity index (χ3n) is 4.97. The molecular formula is C24H25N5O2. The first-order valence-electron chi connectivity index (χ1n) is 10.0. The van der Waals surface area contributed by atoms with Gasteiger partial charge in [0.2, 0.25) is 0 Å². The number of methoxy groups -OCH3 is 1.